The quantitative estimate of drug-likeness (QED) is 0.0831. The second-order valence-corrected chi connectivity index (χ2v) is 10.8. The topological polar surface area (TPSA) is 49.9 Å². The molecule has 2 aromatic rings. The molecule has 0 N–H and O–H groups in total. The summed E-state index contributed by atoms with van der Waals surface area (Å²) in [5, 5.41) is 0.849. The van der Waals surface area contributed by atoms with Gasteiger partial charge in [0.25, 0.3) is 0 Å². The van der Waals surface area contributed by atoms with Crippen LogP contribution in [0.1, 0.15) is 82.4 Å². The number of carbonyl (C=O) groups excluding carboxylic acids is 2. The minimum Gasteiger partial charge on any atom is -0.466 e. The molecule has 1 aliphatic rings. The van der Waals surface area contributed by atoms with Gasteiger partial charge in [-0.2, -0.15) is 0 Å². The zero-order valence-electron chi connectivity index (χ0n) is 28.5. The van der Waals surface area contributed by atoms with Crippen molar-refractivity contribution in [2.24, 2.45) is 0 Å². The third-order valence-electron chi connectivity index (χ3n) is 6.66. The highest BCUT2D eigenvalue weighted by molar-refractivity contribution is 9.09. The molecule has 1 aliphatic heterocycles. The predicted molar refractivity (Wildman–Crippen MR) is 193 cm³/mol. The lowest BCUT2D eigenvalue weighted by Gasteiger charge is -2.44. The van der Waals surface area contributed by atoms with Gasteiger partial charge >= 0.3 is 5.97 Å². The molecule has 0 aromatic heterocycles. The molecule has 242 valence electrons. The molecule has 0 amide bonds. The zero-order chi connectivity index (χ0) is 33.5. The number of benzene rings is 2. The van der Waals surface area contributed by atoms with Crippen LogP contribution in [-0.4, -0.2) is 59.7 Å². The van der Waals surface area contributed by atoms with Gasteiger partial charge in [-0.05, 0) is 62.1 Å². The Bertz CT molecular complexity index is 1190. The number of hydrogen-bond acceptors (Lipinski definition) is 5. The maximum Gasteiger partial charge on any atom is 0.330 e. The minimum atomic E-state index is -0.349. The number of nitrogens with zero attached hydrogens (tertiary/aromatic N) is 2. The summed E-state index contributed by atoms with van der Waals surface area (Å²) in [6.07, 6.45) is 10.3. The Morgan fingerprint density at radius 3 is 2.09 bits per heavy atom. The van der Waals surface area contributed by atoms with E-state index >= 15 is 0 Å². The molecule has 1 unspecified atom stereocenters. The van der Waals surface area contributed by atoms with Gasteiger partial charge in [0.15, 0.2) is 0 Å². The number of allylic oxidation sites excluding steroid dienone is 5. The van der Waals surface area contributed by atoms with Gasteiger partial charge in [0, 0.05) is 55.2 Å². The molecule has 0 bridgehead atoms. The highest BCUT2D eigenvalue weighted by atomic mass is 79.9. The second-order valence-electron chi connectivity index (χ2n) is 10.2. The molecule has 3 rings (SSSR count). The van der Waals surface area contributed by atoms with Gasteiger partial charge in [-0.15, -0.1) is 0 Å². The van der Waals surface area contributed by atoms with Crippen LogP contribution in [0.5, 0.6) is 0 Å². The molecule has 0 radical (unpaired) electrons. The summed E-state index contributed by atoms with van der Waals surface area (Å²) in [4.78, 5) is 27.3. The number of esters is 1. The van der Waals surface area contributed by atoms with E-state index in [0.29, 0.717) is 12.1 Å². The molecular weight excluding hydrogens is 612 g/mol. The van der Waals surface area contributed by atoms with E-state index < -0.39 is 0 Å². The molecule has 1 fully saturated rings. The number of rotatable bonds is 10. The van der Waals surface area contributed by atoms with E-state index in [0.717, 1.165) is 54.5 Å². The largest absolute Gasteiger partial charge is 0.466 e. The van der Waals surface area contributed by atoms with Crippen molar-refractivity contribution in [3.8, 4) is 0 Å². The third kappa shape index (κ3) is 16.1. The summed E-state index contributed by atoms with van der Waals surface area (Å²) >= 11 is 3.33. The Balaban J connectivity index is 0.00000112. The average molecular weight is 668 g/mol. The first-order valence-electron chi connectivity index (χ1n) is 15.6. The van der Waals surface area contributed by atoms with Crippen molar-refractivity contribution in [1.29, 1.82) is 0 Å². The van der Waals surface area contributed by atoms with Gasteiger partial charge in [-0.1, -0.05) is 116 Å². The van der Waals surface area contributed by atoms with Crippen LogP contribution >= 0.6 is 15.9 Å². The zero-order valence-corrected chi connectivity index (χ0v) is 30.1. The van der Waals surface area contributed by atoms with Crippen molar-refractivity contribution >= 4 is 34.3 Å². The summed E-state index contributed by atoms with van der Waals surface area (Å²) < 4.78 is 4.62. The normalized spacial score (nSPS) is 17.0. The standard InChI is InChI=1S/C25H30N2O3.C9H13Br.2C2H6/c1-19-14-26(16-22-9-7-21(8-10-22)11-12-25(29)30-3)15-20(2)27(19)17-23-5-4-6-24(13-23)18-28;1-4-5-8(2)6-9(3)7-10;2*1-2/h4-13,18-20H,14-17H2,1-3H3;4-6H,3,7H2,1-2H3;2*1-2H3/b12-11+;5-4+,8-6+;;/t19-,20?;;;/m0.../s1. The predicted octanol–water partition coefficient (Wildman–Crippen LogP) is 9.29. The van der Waals surface area contributed by atoms with Crippen LogP contribution < -0.4 is 0 Å². The Morgan fingerprint density at radius 1 is 0.955 bits per heavy atom. The fourth-order valence-corrected chi connectivity index (χ4v) is 4.94. The van der Waals surface area contributed by atoms with Crippen LogP contribution in [-0.2, 0) is 22.6 Å². The van der Waals surface area contributed by atoms with Gasteiger partial charge in [0.05, 0.1) is 7.11 Å². The smallest absolute Gasteiger partial charge is 0.330 e. The SMILES string of the molecule is C=C(/C=C(C)/C=C/C)CBr.CC.CC.COC(=O)/C=C/c1ccc(CN2CC(C)N(Cc3cccc(C=O)c3)[C@@H](C)C2)cc1. The van der Waals surface area contributed by atoms with Gasteiger partial charge in [0.1, 0.15) is 6.29 Å². The first-order valence-corrected chi connectivity index (χ1v) is 16.7. The molecule has 0 spiro atoms. The maximum atomic E-state index is 11.2. The molecule has 1 saturated heterocycles. The van der Waals surface area contributed by atoms with E-state index in [1.54, 1.807) is 6.08 Å². The van der Waals surface area contributed by atoms with Gasteiger partial charge in [-0.25, -0.2) is 4.79 Å². The Kier molecular flexibility index (Phi) is 22.6. The molecular formula is C38H55BrN2O3. The van der Waals surface area contributed by atoms with E-state index in [4.69, 9.17) is 0 Å². The minimum absolute atomic E-state index is 0.349. The first kappa shape index (κ1) is 40.9. The lowest BCUT2D eigenvalue weighted by molar-refractivity contribution is -0.134. The van der Waals surface area contributed by atoms with Crippen molar-refractivity contribution in [3.05, 3.63) is 113 Å². The fourth-order valence-electron chi connectivity index (χ4n) is 4.78. The van der Waals surface area contributed by atoms with Crippen LogP contribution in [0, 0.1) is 0 Å². The average Bonchev–Trinajstić information content (AvgIpc) is 3.04. The highest BCUT2D eigenvalue weighted by Crippen LogP contribution is 2.21. The Morgan fingerprint density at radius 2 is 1.57 bits per heavy atom. The van der Waals surface area contributed by atoms with Crippen LogP contribution in [0.4, 0.5) is 0 Å². The monoisotopic (exact) mass is 666 g/mol. The van der Waals surface area contributed by atoms with Crippen molar-refractivity contribution in [2.45, 2.75) is 80.6 Å². The Hall–Kier alpha value is -3.06. The molecule has 0 saturated carbocycles. The van der Waals surface area contributed by atoms with Crippen molar-refractivity contribution in [3.63, 3.8) is 0 Å². The molecule has 6 heteroatoms. The van der Waals surface area contributed by atoms with Crippen molar-refractivity contribution in [1.82, 2.24) is 9.80 Å². The maximum absolute atomic E-state index is 11.2. The molecule has 2 aromatic carbocycles. The van der Waals surface area contributed by atoms with Crippen LogP contribution in [0.25, 0.3) is 6.08 Å². The molecule has 44 heavy (non-hydrogen) atoms. The lowest BCUT2D eigenvalue weighted by atomic mass is 10.0. The number of piperazine rings is 1. The second kappa shape index (κ2) is 24.3. The Labute approximate surface area is 276 Å². The van der Waals surface area contributed by atoms with Gasteiger partial charge in [-0.3, -0.25) is 14.6 Å². The summed E-state index contributed by atoms with van der Waals surface area (Å²) in [7, 11) is 1.37. The van der Waals surface area contributed by atoms with Crippen LogP contribution in [0.2, 0.25) is 0 Å². The van der Waals surface area contributed by atoms with Gasteiger partial charge in [0.2, 0.25) is 0 Å². The molecule has 0 aliphatic carbocycles. The third-order valence-corrected chi connectivity index (χ3v) is 7.38. The summed E-state index contributed by atoms with van der Waals surface area (Å²) in [6, 6.07) is 17.0. The van der Waals surface area contributed by atoms with E-state index in [-0.39, 0.29) is 5.97 Å². The molecule has 1 heterocycles. The first-order chi connectivity index (χ1) is 21.2. The molecule has 2 atom stereocenters. The highest BCUT2D eigenvalue weighted by Gasteiger charge is 2.29. The number of carbonyl (C=O) groups is 2. The van der Waals surface area contributed by atoms with E-state index in [9.17, 15) is 9.59 Å². The lowest BCUT2D eigenvalue weighted by Crippen LogP contribution is -2.55. The fraction of sp³-hybridized carbons (Fsp3) is 0.421. The molecule has 5 nitrogen and oxygen atoms in total. The summed E-state index contributed by atoms with van der Waals surface area (Å²) in [5.41, 5.74) is 6.51. The van der Waals surface area contributed by atoms with Gasteiger partial charge < -0.3 is 4.74 Å². The van der Waals surface area contributed by atoms with E-state index in [1.807, 2.05) is 71.0 Å². The van der Waals surface area contributed by atoms with Crippen molar-refractivity contribution in [2.75, 3.05) is 25.5 Å². The number of halogens is 1. The number of aldehydes is 1. The van der Waals surface area contributed by atoms with Crippen LogP contribution in [0.3, 0.4) is 0 Å². The number of ether oxygens (including phenoxy) is 1. The van der Waals surface area contributed by atoms with E-state index in [2.05, 4.69) is 88.2 Å². The summed E-state index contributed by atoms with van der Waals surface area (Å²) in [5.74, 6) is -0.349. The number of alkyl halides is 1. The number of hydrogen-bond donors (Lipinski definition) is 0. The van der Waals surface area contributed by atoms with E-state index in [1.165, 1.54) is 29.9 Å². The summed E-state index contributed by atoms with van der Waals surface area (Å²) in [6.45, 7) is 24.2. The van der Waals surface area contributed by atoms with Crippen molar-refractivity contribution < 1.29 is 14.3 Å². The van der Waals surface area contributed by atoms with Crippen LogP contribution in [0.15, 0.2) is 90.6 Å². The number of methoxy groups -OCH3 is 1.